The summed E-state index contributed by atoms with van der Waals surface area (Å²) in [5.74, 6) is 0.482. The molecule has 0 saturated heterocycles. The van der Waals surface area contributed by atoms with Crippen LogP contribution in [0.2, 0.25) is 0 Å². The molecule has 3 N–H and O–H groups in total. The largest absolute Gasteiger partial charge is 0.497 e. The Labute approximate surface area is 113 Å². The smallest absolute Gasteiger partial charge is 0.253 e. The fourth-order valence-electron chi connectivity index (χ4n) is 2.00. The first kappa shape index (κ1) is 13.7. The number of benzene rings is 1. The predicted octanol–water partition coefficient (Wildman–Crippen LogP) is 1.10. The highest BCUT2D eigenvalue weighted by Gasteiger charge is 2.25. The van der Waals surface area contributed by atoms with Gasteiger partial charge in [0.15, 0.2) is 0 Å². The average Bonchev–Trinajstić information content (AvgIpc) is 3.23. The van der Waals surface area contributed by atoms with Gasteiger partial charge >= 0.3 is 0 Å². The molecule has 5 heteroatoms. The maximum absolute atomic E-state index is 12.0. The van der Waals surface area contributed by atoms with E-state index in [9.17, 15) is 4.79 Å². The maximum atomic E-state index is 12.0. The summed E-state index contributed by atoms with van der Waals surface area (Å²) in [5, 5.41) is 2.89. The minimum Gasteiger partial charge on any atom is -0.497 e. The zero-order valence-electron chi connectivity index (χ0n) is 11.5. The number of methoxy groups -OCH3 is 1. The van der Waals surface area contributed by atoms with Crippen molar-refractivity contribution in [3.05, 3.63) is 23.8 Å². The van der Waals surface area contributed by atoms with Crippen molar-refractivity contribution in [2.45, 2.75) is 18.9 Å². The van der Waals surface area contributed by atoms with E-state index in [0.717, 1.165) is 6.54 Å². The zero-order valence-corrected chi connectivity index (χ0v) is 11.5. The number of hydrogen-bond acceptors (Lipinski definition) is 4. The van der Waals surface area contributed by atoms with Crippen LogP contribution in [0.3, 0.4) is 0 Å². The number of anilines is 1. The molecule has 0 unspecified atom stereocenters. The third-order valence-electron chi connectivity index (χ3n) is 3.43. The number of carbonyl (C=O) groups excluding carboxylic acids is 1. The van der Waals surface area contributed by atoms with E-state index in [0.29, 0.717) is 29.6 Å². The number of likely N-dealkylation sites (N-methyl/N-ethyl adjacent to an activating group) is 1. The lowest BCUT2D eigenvalue weighted by Gasteiger charge is -2.16. The second kappa shape index (κ2) is 5.93. The molecule has 1 saturated carbocycles. The van der Waals surface area contributed by atoms with E-state index < -0.39 is 0 Å². The average molecular weight is 263 g/mol. The van der Waals surface area contributed by atoms with Crippen LogP contribution in [0.4, 0.5) is 5.69 Å². The Balaban J connectivity index is 1.88. The molecule has 5 nitrogen and oxygen atoms in total. The van der Waals surface area contributed by atoms with Gasteiger partial charge in [0.1, 0.15) is 5.75 Å². The molecule has 0 aliphatic heterocycles. The summed E-state index contributed by atoms with van der Waals surface area (Å²) in [5.41, 5.74) is 6.74. The Hall–Kier alpha value is -1.75. The quantitative estimate of drug-likeness (QED) is 0.754. The van der Waals surface area contributed by atoms with Crippen LogP contribution in [0.25, 0.3) is 0 Å². The second-order valence-electron chi connectivity index (χ2n) is 4.92. The van der Waals surface area contributed by atoms with Gasteiger partial charge in [-0.15, -0.1) is 0 Å². The van der Waals surface area contributed by atoms with Crippen LogP contribution in [0.15, 0.2) is 18.2 Å². The molecule has 0 heterocycles. The van der Waals surface area contributed by atoms with Gasteiger partial charge in [0.25, 0.3) is 5.91 Å². The van der Waals surface area contributed by atoms with Crippen LogP contribution in [0.5, 0.6) is 5.75 Å². The Bertz CT molecular complexity index is 458. The van der Waals surface area contributed by atoms with Gasteiger partial charge in [0.2, 0.25) is 0 Å². The second-order valence-corrected chi connectivity index (χ2v) is 4.92. The summed E-state index contributed by atoms with van der Waals surface area (Å²) in [6, 6.07) is 5.80. The van der Waals surface area contributed by atoms with Crippen LogP contribution in [-0.2, 0) is 0 Å². The number of ether oxygens (including phenoxy) is 1. The number of amides is 1. The van der Waals surface area contributed by atoms with Gasteiger partial charge in [-0.05, 0) is 38.1 Å². The van der Waals surface area contributed by atoms with Crippen LogP contribution >= 0.6 is 0 Å². The molecular formula is C14H21N3O2. The molecule has 1 aromatic carbocycles. The molecule has 0 bridgehead atoms. The normalized spacial score (nSPS) is 14.5. The number of hydrogen-bond donors (Lipinski definition) is 2. The number of nitrogens with zero attached hydrogens (tertiary/aromatic N) is 1. The van der Waals surface area contributed by atoms with Gasteiger partial charge in [-0.2, -0.15) is 0 Å². The van der Waals surface area contributed by atoms with Crippen molar-refractivity contribution in [2.75, 3.05) is 33.0 Å². The molecule has 19 heavy (non-hydrogen) atoms. The van der Waals surface area contributed by atoms with Gasteiger partial charge in [0, 0.05) is 24.8 Å². The lowest BCUT2D eigenvalue weighted by Crippen LogP contribution is -2.34. The van der Waals surface area contributed by atoms with E-state index in [1.807, 2.05) is 0 Å². The molecule has 2 rings (SSSR count). The number of rotatable bonds is 6. The van der Waals surface area contributed by atoms with E-state index in [1.165, 1.54) is 12.8 Å². The maximum Gasteiger partial charge on any atom is 0.253 e. The fourth-order valence-corrected chi connectivity index (χ4v) is 2.00. The van der Waals surface area contributed by atoms with Crippen molar-refractivity contribution in [2.24, 2.45) is 0 Å². The van der Waals surface area contributed by atoms with Crippen molar-refractivity contribution < 1.29 is 9.53 Å². The van der Waals surface area contributed by atoms with E-state index in [1.54, 1.807) is 25.3 Å². The highest BCUT2D eigenvalue weighted by molar-refractivity contribution is 5.99. The van der Waals surface area contributed by atoms with Crippen LogP contribution < -0.4 is 15.8 Å². The summed E-state index contributed by atoms with van der Waals surface area (Å²) < 4.78 is 5.10. The summed E-state index contributed by atoms with van der Waals surface area (Å²) in [6.07, 6.45) is 2.54. The van der Waals surface area contributed by atoms with E-state index in [2.05, 4.69) is 17.3 Å². The minimum atomic E-state index is -0.152. The first-order valence-electron chi connectivity index (χ1n) is 6.53. The number of nitrogen functional groups attached to an aromatic ring is 1. The van der Waals surface area contributed by atoms with Crippen molar-refractivity contribution in [3.8, 4) is 5.75 Å². The monoisotopic (exact) mass is 263 g/mol. The highest BCUT2D eigenvalue weighted by atomic mass is 16.5. The Morgan fingerprint density at radius 3 is 2.89 bits per heavy atom. The number of nitrogens with two attached hydrogens (primary N) is 1. The van der Waals surface area contributed by atoms with Crippen molar-refractivity contribution in [1.29, 1.82) is 0 Å². The van der Waals surface area contributed by atoms with E-state index >= 15 is 0 Å². The third kappa shape index (κ3) is 3.61. The van der Waals surface area contributed by atoms with Crippen LogP contribution in [0.1, 0.15) is 23.2 Å². The molecular weight excluding hydrogens is 242 g/mol. The van der Waals surface area contributed by atoms with Gasteiger partial charge in [-0.3, -0.25) is 4.79 Å². The summed E-state index contributed by atoms with van der Waals surface area (Å²) in [4.78, 5) is 14.3. The van der Waals surface area contributed by atoms with Gasteiger partial charge in [-0.1, -0.05) is 0 Å². The fraction of sp³-hybridized carbons (Fsp3) is 0.500. The zero-order chi connectivity index (χ0) is 13.8. The highest BCUT2D eigenvalue weighted by Crippen LogP contribution is 2.24. The van der Waals surface area contributed by atoms with Crippen LogP contribution in [0, 0.1) is 0 Å². The first-order chi connectivity index (χ1) is 9.11. The number of nitrogens with one attached hydrogen (secondary N) is 1. The topological polar surface area (TPSA) is 67.6 Å². The molecule has 0 radical (unpaired) electrons. The van der Waals surface area contributed by atoms with Crippen molar-refractivity contribution >= 4 is 11.6 Å². The predicted molar refractivity (Wildman–Crippen MR) is 75.4 cm³/mol. The minimum absolute atomic E-state index is 0.152. The summed E-state index contributed by atoms with van der Waals surface area (Å²) >= 11 is 0. The number of carbonyl (C=O) groups is 1. The Morgan fingerprint density at radius 1 is 1.53 bits per heavy atom. The van der Waals surface area contributed by atoms with E-state index in [-0.39, 0.29) is 5.91 Å². The van der Waals surface area contributed by atoms with E-state index in [4.69, 9.17) is 10.5 Å². The molecule has 1 aliphatic rings. The molecule has 1 aromatic rings. The summed E-state index contributed by atoms with van der Waals surface area (Å²) in [6.45, 7) is 1.49. The Kier molecular flexibility index (Phi) is 4.27. The molecule has 0 atom stereocenters. The summed E-state index contributed by atoms with van der Waals surface area (Å²) in [7, 11) is 3.65. The third-order valence-corrected chi connectivity index (χ3v) is 3.43. The first-order valence-corrected chi connectivity index (χ1v) is 6.53. The molecule has 1 amide bonds. The standard InChI is InChI=1S/C14H21N3O2/c1-17(10-3-4-10)8-7-16-14(18)12-9-11(19-2)5-6-13(12)15/h5-6,9-10H,3-4,7-8,15H2,1-2H3,(H,16,18). The van der Waals surface area contributed by atoms with Gasteiger partial charge in [-0.25, -0.2) is 0 Å². The van der Waals surface area contributed by atoms with Crippen molar-refractivity contribution in [1.82, 2.24) is 10.2 Å². The van der Waals surface area contributed by atoms with Crippen molar-refractivity contribution in [3.63, 3.8) is 0 Å². The molecule has 104 valence electrons. The lowest BCUT2D eigenvalue weighted by atomic mass is 10.1. The molecule has 0 spiro atoms. The SMILES string of the molecule is COc1ccc(N)c(C(=O)NCCN(C)C2CC2)c1. The molecule has 0 aromatic heterocycles. The Morgan fingerprint density at radius 2 is 2.26 bits per heavy atom. The van der Waals surface area contributed by atoms with Gasteiger partial charge in [0.05, 0.1) is 12.7 Å². The van der Waals surface area contributed by atoms with Gasteiger partial charge < -0.3 is 20.7 Å². The van der Waals surface area contributed by atoms with Crippen LogP contribution in [-0.4, -0.2) is 44.1 Å². The molecule has 1 aliphatic carbocycles. The molecule has 1 fully saturated rings. The lowest BCUT2D eigenvalue weighted by molar-refractivity contribution is 0.0950.